The lowest BCUT2D eigenvalue weighted by molar-refractivity contribution is 0.670. The fraction of sp³-hybridized carbons (Fsp3) is 0.0204. The van der Waals surface area contributed by atoms with Crippen molar-refractivity contribution in [2.45, 2.75) is 5.92 Å². The van der Waals surface area contributed by atoms with Crippen LogP contribution in [0.25, 0.3) is 66.4 Å². The van der Waals surface area contributed by atoms with Gasteiger partial charge in [-0.05, 0) is 67.8 Å². The predicted molar refractivity (Wildman–Crippen MR) is 209 cm³/mol. The summed E-state index contributed by atoms with van der Waals surface area (Å²) in [5.41, 5.74) is 15.2. The largest absolute Gasteiger partial charge is 0.455 e. The monoisotopic (exact) mass is 638 g/mol. The normalized spacial score (nSPS) is 11.4. The van der Waals surface area contributed by atoms with Crippen molar-refractivity contribution >= 4 is 21.9 Å². The molecule has 0 fully saturated rings. The van der Waals surface area contributed by atoms with Crippen molar-refractivity contribution in [3.8, 4) is 44.5 Å². The van der Waals surface area contributed by atoms with Crippen molar-refractivity contribution in [3.63, 3.8) is 0 Å². The van der Waals surface area contributed by atoms with Gasteiger partial charge in [0.15, 0.2) is 0 Å². The second-order valence-electron chi connectivity index (χ2n) is 12.9. The Balaban J connectivity index is 1.08. The molecule has 0 aliphatic carbocycles. The minimum atomic E-state index is 0.0930. The minimum Gasteiger partial charge on any atom is -0.455 e. The number of hydrogen-bond acceptors (Lipinski definition) is 1. The van der Waals surface area contributed by atoms with Crippen LogP contribution in [0, 0.1) is 0 Å². The molecule has 9 rings (SSSR count). The lowest BCUT2D eigenvalue weighted by Crippen LogP contribution is -2.03. The summed E-state index contributed by atoms with van der Waals surface area (Å²) in [6.07, 6.45) is 0. The molecule has 1 heteroatoms. The molecular formula is C49H34O. The van der Waals surface area contributed by atoms with Crippen LogP contribution in [0.15, 0.2) is 205 Å². The van der Waals surface area contributed by atoms with Crippen LogP contribution in [-0.4, -0.2) is 0 Å². The van der Waals surface area contributed by atoms with Gasteiger partial charge in [0.1, 0.15) is 11.2 Å². The Morgan fingerprint density at radius 3 is 1.22 bits per heavy atom. The lowest BCUT2D eigenvalue weighted by atomic mass is 9.83. The summed E-state index contributed by atoms with van der Waals surface area (Å²) in [7, 11) is 0. The smallest absolute Gasteiger partial charge is 0.143 e. The van der Waals surface area contributed by atoms with E-state index >= 15 is 0 Å². The summed E-state index contributed by atoms with van der Waals surface area (Å²) in [5, 5.41) is 2.27. The van der Waals surface area contributed by atoms with Gasteiger partial charge in [0.25, 0.3) is 0 Å². The van der Waals surface area contributed by atoms with Crippen molar-refractivity contribution < 1.29 is 4.42 Å². The maximum absolute atomic E-state index is 6.45. The summed E-state index contributed by atoms with van der Waals surface area (Å²) >= 11 is 0. The van der Waals surface area contributed by atoms with Gasteiger partial charge in [0.05, 0.1) is 0 Å². The Bertz CT molecular complexity index is 2440. The summed E-state index contributed by atoms with van der Waals surface area (Å²) in [4.78, 5) is 0. The minimum absolute atomic E-state index is 0.0930. The van der Waals surface area contributed by atoms with Crippen LogP contribution in [0.3, 0.4) is 0 Å². The van der Waals surface area contributed by atoms with Crippen molar-refractivity contribution in [3.05, 3.63) is 217 Å². The fourth-order valence-electron chi connectivity index (χ4n) is 7.27. The molecule has 0 amide bonds. The van der Waals surface area contributed by atoms with E-state index in [-0.39, 0.29) is 5.92 Å². The second kappa shape index (κ2) is 12.9. The molecule has 8 aromatic carbocycles. The predicted octanol–water partition coefficient (Wildman–Crippen LogP) is 13.4. The standard InChI is InChI=1S/C49H34O/c1-4-11-34(12-5-1)36-19-25-40(26-20-36)48(41-27-21-37(22-28-41)35-13-6-2-7-14-35)42-29-23-38(24-30-42)43-31-32-47-46(33-43)45-18-10-17-44(49(45)50-47)39-15-8-3-9-16-39/h1-33,48H. The van der Waals surface area contributed by atoms with E-state index < -0.39 is 0 Å². The summed E-state index contributed by atoms with van der Waals surface area (Å²) in [6, 6.07) is 71.9. The molecule has 0 aliphatic heterocycles. The van der Waals surface area contributed by atoms with E-state index in [2.05, 4.69) is 194 Å². The molecule has 0 aliphatic rings. The second-order valence-corrected chi connectivity index (χ2v) is 12.9. The highest BCUT2D eigenvalue weighted by molar-refractivity contribution is 6.10. The SMILES string of the molecule is c1ccc(-c2ccc(C(c3ccc(-c4ccccc4)cc3)c3ccc(-c4ccc5oc6c(-c7ccccc7)cccc6c5c4)cc3)cc2)cc1. The van der Waals surface area contributed by atoms with Gasteiger partial charge in [0, 0.05) is 22.3 Å². The van der Waals surface area contributed by atoms with Crippen LogP contribution in [0.5, 0.6) is 0 Å². The van der Waals surface area contributed by atoms with E-state index in [1.54, 1.807) is 0 Å². The molecule has 9 aromatic rings. The highest BCUT2D eigenvalue weighted by Crippen LogP contribution is 2.39. The number of para-hydroxylation sites is 1. The molecule has 1 nitrogen and oxygen atoms in total. The van der Waals surface area contributed by atoms with Gasteiger partial charge in [-0.3, -0.25) is 0 Å². The Morgan fingerprint density at radius 2 is 0.720 bits per heavy atom. The number of fused-ring (bicyclic) bond motifs is 3. The van der Waals surface area contributed by atoms with Gasteiger partial charge >= 0.3 is 0 Å². The molecule has 236 valence electrons. The first-order valence-corrected chi connectivity index (χ1v) is 17.2. The average Bonchev–Trinajstić information content (AvgIpc) is 3.58. The van der Waals surface area contributed by atoms with Crippen molar-refractivity contribution in [1.29, 1.82) is 0 Å². The van der Waals surface area contributed by atoms with Crippen LogP contribution in [0.4, 0.5) is 0 Å². The highest BCUT2D eigenvalue weighted by atomic mass is 16.3. The molecule has 0 saturated heterocycles. The molecule has 0 N–H and O–H groups in total. The highest BCUT2D eigenvalue weighted by Gasteiger charge is 2.18. The Labute approximate surface area is 292 Å². The molecule has 0 spiro atoms. The summed E-state index contributed by atoms with van der Waals surface area (Å²) < 4.78 is 6.45. The van der Waals surface area contributed by atoms with Gasteiger partial charge < -0.3 is 4.42 Å². The van der Waals surface area contributed by atoms with Crippen molar-refractivity contribution in [1.82, 2.24) is 0 Å². The van der Waals surface area contributed by atoms with Crippen LogP contribution < -0.4 is 0 Å². The summed E-state index contributed by atoms with van der Waals surface area (Å²) in [5.74, 6) is 0.0930. The fourth-order valence-corrected chi connectivity index (χ4v) is 7.27. The number of hydrogen-bond donors (Lipinski definition) is 0. The number of furan rings is 1. The molecule has 0 radical (unpaired) electrons. The molecular weight excluding hydrogens is 605 g/mol. The molecule has 0 atom stereocenters. The van der Waals surface area contributed by atoms with E-state index in [1.807, 2.05) is 6.07 Å². The van der Waals surface area contributed by atoms with Crippen LogP contribution in [0.2, 0.25) is 0 Å². The number of benzene rings is 8. The zero-order chi connectivity index (χ0) is 33.3. The third-order valence-electron chi connectivity index (χ3n) is 9.86. The van der Waals surface area contributed by atoms with Crippen molar-refractivity contribution in [2.75, 3.05) is 0 Å². The molecule has 50 heavy (non-hydrogen) atoms. The van der Waals surface area contributed by atoms with Gasteiger partial charge in [-0.1, -0.05) is 188 Å². The van der Waals surface area contributed by atoms with E-state index in [9.17, 15) is 0 Å². The first-order chi connectivity index (χ1) is 24.8. The van der Waals surface area contributed by atoms with Crippen LogP contribution >= 0.6 is 0 Å². The topological polar surface area (TPSA) is 13.1 Å². The average molecular weight is 639 g/mol. The van der Waals surface area contributed by atoms with Crippen molar-refractivity contribution in [2.24, 2.45) is 0 Å². The number of rotatable bonds is 7. The van der Waals surface area contributed by atoms with Crippen LogP contribution in [-0.2, 0) is 0 Å². The van der Waals surface area contributed by atoms with Gasteiger partial charge in [0.2, 0.25) is 0 Å². The first kappa shape index (κ1) is 29.7. The Morgan fingerprint density at radius 1 is 0.300 bits per heavy atom. The van der Waals surface area contributed by atoms with Gasteiger partial charge in [-0.25, -0.2) is 0 Å². The third-order valence-corrected chi connectivity index (χ3v) is 9.86. The lowest BCUT2D eigenvalue weighted by Gasteiger charge is -2.20. The zero-order valence-electron chi connectivity index (χ0n) is 27.5. The van der Waals surface area contributed by atoms with E-state index in [1.165, 1.54) is 50.1 Å². The van der Waals surface area contributed by atoms with E-state index in [0.29, 0.717) is 0 Å². The molecule has 0 unspecified atom stereocenters. The Kier molecular flexibility index (Phi) is 7.64. The van der Waals surface area contributed by atoms with Gasteiger partial charge in [-0.2, -0.15) is 0 Å². The quantitative estimate of drug-likeness (QED) is 0.158. The van der Waals surface area contributed by atoms with Crippen LogP contribution in [0.1, 0.15) is 22.6 Å². The maximum atomic E-state index is 6.45. The van der Waals surface area contributed by atoms with E-state index in [4.69, 9.17) is 4.42 Å². The molecule has 1 aromatic heterocycles. The molecule has 1 heterocycles. The maximum Gasteiger partial charge on any atom is 0.143 e. The van der Waals surface area contributed by atoms with Gasteiger partial charge in [-0.15, -0.1) is 0 Å². The van der Waals surface area contributed by atoms with E-state index in [0.717, 1.165) is 33.1 Å². The molecule has 0 bridgehead atoms. The summed E-state index contributed by atoms with van der Waals surface area (Å²) in [6.45, 7) is 0. The Hall–Kier alpha value is -6.44. The first-order valence-electron chi connectivity index (χ1n) is 17.2. The zero-order valence-corrected chi connectivity index (χ0v) is 27.5. The molecule has 0 saturated carbocycles. The third kappa shape index (κ3) is 5.59.